The number of esters is 1. The fourth-order valence-corrected chi connectivity index (χ4v) is 2.72. The summed E-state index contributed by atoms with van der Waals surface area (Å²) >= 11 is 0. The number of carbonyl (C=O) groups is 2. The molecule has 0 spiro atoms. The highest BCUT2D eigenvalue weighted by Gasteiger charge is 2.34. The van der Waals surface area contributed by atoms with Crippen molar-refractivity contribution in [3.63, 3.8) is 0 Å². The van der Waals surface area contributed by atoms with Gasteiger partial charge in [-0.15, -0.1) is 0 Å². The van der Waals surface area contributed by atoms with Crippen LogP contribution in [0.1, 0.15) is 55.1 Å². The summed E-state index contributed by atoms with van der Waals surface area (Å²) in [5.41, 5.74) is 0.976. The van der Waals surface area contributed by atoms with Gasteiger partial charge in [0, 0.05) is 0 Å². The van der Waals surface area contributed by atoms with E-state index in [0.717, 1.165) is 31.4 Å². The molecule has 0 aliphatic carbocycles. The number of hydrogen-bond acceptors (Lipinski definition) is 4. The number of carbonyl (C=O) groups excluding carboxylic acids is 2. The molecule has 1 saturated heterocycles. The fourth-order valence-electron chi connectivity index (χ4n) is 2.72. The van der Waals surface area contributed by atoms with Crippen LogP contribution in [-0.4, -0.2) is 31.1 Å². The molecule has 2 atom stereocenters. The van der Waals surface area contributed by atoms with E-state index in [0.29, 0.717) is 5.56 Å². The van der Waals surface area contributed by atoms with Crippen molar-refractivity contribution in [2.24, 2.45) is 0 Å². The Morgan fingerprint density at radius 2 is 1.95 bits per heavy atom. The monoisotopic (exact) mass is 304 g/mol. The molecule has 2 rings (SSSR count). The minimum atomic E-state index is -0.488. The number of benzene rings is 1. The number of rotatable bonds is 4. The van der Waals surface area contributed by atoms with E-state index in [-0.39, 0.29) is 17.9 Å². The highest BCUT2D eigenvalue weighted by molar-refractivity contribution is 5.89. The predicted molar refractivity (Wildman–Crippen MR) is 84.6 cm³/mol. The van der Waals surface area contributed by atoms with Crippen molar-refractivity contribution in [2.45, 2.75) is 44.7 Å². The summed E-state index contributed by atoms with van der Waals surface area (Å²) in [5, 5.41) is 6.36. The van der Waals surface area contributed by atoms with Gasteiger partial charge in [0.1, 0.15) is 0 Å². The van der Waals surface area contributed by atoms with Gasteiger partial charge >= 0.3 is 5.97 Å². The van der Waals surface area contributed by atoms with E-state index in [1.807, 2.05) is 26.0 Å². The molecule has 0 unspecified atom stereocenters. The van der Waals surface area contributed by atoms with Gasteiger partial charge in [-0.05, 0) is 57.4 Å². The highest BCUT2D eigenvalue weighted by atomic mass is 16.5. The first kappa shape index (κ1) is 16.5. The van der Waals surface area contributed by atoms with Crippen LogP contribution in [0.3, 0.4) is 0 Å². The minimum absolute atomic E-state index is 0.0248. The molecule has 1 aliphatic heterocycles. The Hall–Kier alpha value is -1.88. The third-order valence-electron chi connectivity index (χ3n) is 4.30. The first-order valence-corrected chi connectivity index (χ1v) is 7.70. The second-order valence-electron chi connectivity index (χ2n) is 6.02. The number of amides is 1. The first-order chi connectivity index (χ1) is 10.5. The van der Waals surface area contributed by atoms with Crippen molar-refractivity contribution < 1.29 is 14.3 Å². The lowest BCUT2D eigenvalue weighted by Gasteiger charge is -2.34. The molecule has 0 aromatic heterocycles. The molecule has 5 heteroatoms. The topological polar surface area (TPSA) is 67.4 Å². The van der Waals surface area contributed by atoms with E-state index >= 15 is 0 Å². The van der Waals surface area contributed by atoms with Gasteiger partial charge in [0.25, 0.3) is 0 Å². The number of methoxy groups -OCH3 is 1. The fraction of sp³-hybridized carbons (Fsp3) is 0.529. The highest BCUT2D eigenvalue weighted by Crippen LogP contribution is 2.21. The van der Waals surface area contributed by atoms with Crippen LogP contribution in [0.15, 0.2) is 24.3 Å². The van der Waals surface area contributed by atoms with Crippen molar-refractivity contribution in [3.05, 3.63) is 35.4 Å². The van der Waals surface area contributed by atoms with E-state index in [4.69, 9.17) is 0 Å². The summed E-state index contributed by atoms with van der Waals surface area (Å²) in [4.78, 5) is 23.9. The molecule has 1 heterocycles. The normalized spacial score (nSPS) is 22.7. The SMILES string of the molecule is COC(=O)c1ccc([C@H](C)NC(=O)[C@@]2(C)CCCCN2)cc1. The molecule has 0 radical (unpaired) electrons. The Labute approximate surface area is 131 Å². The second-order valence-corrected chi connectivity index (χ2v) is 6.02. The Bertz CT molecular complexity index is 533. The third-order valence-corrected chi connectivity index (χ3v) is 4.30. The van der Waals surface area contributed by atoms with Crippen LogP contribution in [0.4, 0.5) is 0 Å². The van der Waals surface area contributed by atoms with Gasteiger partial charge in [-0.2, -0.15) is 0 Å². The van der Waals surface area contributed by atoms with Gasteiger partial charge in [0.15, 0.2) is 0 Å². The van der Waals surface area contributed by atoms with Crippen molar-refractivity contribution in [2.75, 3.05) is 13.7 Å². The number of nitrogens with one attached hydrogen (secondary N) is 2. The summed E-state index contributed by atoms with van der Waals surface area (Å²) in [6.45, 7) is 4.78. The maximum Gasteiger partial charge on any atom is 0.337 e. The first-order valence-electron chi connectivity index (χ1n) is 7.70. The standard InChI is InChI=1S/C17H24N2O3/c1-12(13-6-8-14(9-7-13)15(20)22-3)19-16(21)17(2)10-4-5-11-18-17/h6-9,12,18H,4-5,10-11H2,1-3H3,(H,19,21)/t12-,17+/m0/s1. The van der Waals surface area contributed by atoms with E-state index in [2.05, 4.69) is 15.4 Å². The molecule has 22 heavy (non-hydrogen) atoms. The van der Waals surface area contributed by atoms with Crippen LogP contribution in [0.2, 0.25) is 0 Å². The Morgan fingerprint density at radius 1 is 1.27 bits per heavy atom. The summed E-state index contributed by atoms with van der Waals surface area (Å²) < 4.78 is 4.68. The van der Waals surface area contributed by atoms with Crippen LogP contribution in [0.5, 0.6) is 0 Å². The lowest BCUT2D eigenvalue weighted by Crippen LogP contribution is -2.57. The zero-order valence-electron chi connectivity index (χ0n) is 13.4. The maximum atomic E-state index is 12.5. The molecule has 1 fully saturated rings. The molecular weight excluding hydrogens is 280 g/mol. The molecule has 120 valence electrons. The van der Waals surface area contributed by atoms with Gasteiger partial charge in [-0.1, -0.05) is 12.1 Å². The Balaban J connectivity index is 2.00. The van der Waals surface area contributed by atoms with Crippen LogP contribution in [-0.2, 0) is 9.53 Å². The number of ether oxygens (including phenoxy) is 1. The summed E-state index contributed by atoms with van der Waals surface area (Å²) in [5.74, 6) is -0.334. The van der Waals surface area contributed by atoms with Gasteiger partial charge in [-0.25, -0.2) is 4.79 Å². The molecule has 0 bridgehead atoms. The zero-order chi connectivity index (χ0) is 16.2. The number of piperidine rings is 1. The molecule has 1 aromatic rings. The molecule has 5 nitrogen and oxygen atoms in total. The maximum absolute atomic E-state index is 12.5. The van der Waals surface area contributed by atoms with Crippen LogP contribution < -0.4 is 10.6 Å². The van der Waals surface area contributed by atoms with Gasteiger partial charge in [-0.3, -0.25) is 4.79 Å². The average molecular weight is 304 g/mol. The molecule has 0 saturated carbocycles. The van der Waals surface area contributed by atoms with Gasteiger partial charge in [0.05, 0.1) is 24.3 Å². The van der Waals surface area contributed by atoms with E-state index in [1.165, 1.54) is 7.11 Å². The van der Waals surface area contributed by atoms with Crippen LogP contribution in [0.25, 0.3) is 0 Å². The van der Waals surface area contributed by atoms with Crippen molar-refractivity contribution >= 4 is 11.9 Å². The predicted octanol–water partition coefficient (Wildman–Crippen LogP) is 2.18. The molecular formula is C17H24N2O3. The molecule has 1 amide bonds. The summed E-state index contributed by atoms with van der Waals surface area (Å²) in [6.07, 6.45) is 3.04. The van der Waals surface area contributed by atoms with Crippen molar-refractivity contribution in [1.82, 2.24) is 10.6 Å². The van der Waals surface area contributed by atoms with E-state index < -0.39 is 5.54 Å². The third kappa shape index (κ3) is 3.65. The van der Waals surface area contributed by atoms with Crippen molar-refractivity contribution in [1.29, 1.82) is 0 Å². The quantitative estimate of drug-likeness (QED) is 0.837. The summed E-state index contributed by atoms with van der Waals surface area (Å²) in [6, 6.07) is 7.00. The molecule has 1 aliphatic rings. The van der Waals surface area contributed by atoms with Gasteiger partial charge < -0.3 is 15.4 Å². The van der Waals surface area contributed by atoms with E-state index in [1.54, 1.807) is 12.1 Å². The second kappa shape index (κ2) is 6.92. The van der Waals surface area contributed by atoms with E-state index in [9.17, 15) is 9.59 Å². The zero-order valence-corrected chi connectivity index (χ0v) is 13.4. The van der Waals surface area contributed by atoms with Gasteiger partial charge in [0.2, 0.25) is 5.91 Å². The summed E-state index contributed by atoms with van der Waals surface area (Å²) in [7, 11) is 1.36. The Morgan fingerprint density at radius 3 is 2.50 bits per heavy atom. The molecule has 2 N–H and O–H groups in total. The van der Waals surface area contributed by atoms with Crippen molar-refractivity contribution in [3.8, 4) is 0 Å². The van der Waals surface area contributed by atoms with Crippen LogP contribution in [0, 0.1) is 0 Å². The average Bonchev–Trinajstić information content (AvgIpc) is 2.54. The Kier molecular flexibility index (Phi) is 5.19. The smallest absolute Gasteiger partial charge is 0.337 e. The van der Waals surface area contributed by atoms with Crippen LogP contribution >= 0.6 is 0 Å². The minimum Gasteiger partial charge on any atom is -0.465 e. The molecule has 1 aromatic carbocycles. The lowest BCUT2D eigenvalue weighted by molar-refractivity contribution is -0.128. The lowest BCUT2D eigenvalue weighted by atomic mass is 9.89. The number of hydrogen-bond donors (Lipinski definition) is 2. The largest absolute Gasteiger partial charge is 0.465 e.